The zero-order valence-corrected chi connectivity index (χ0v) is 17.0. The van der Waals surface area contributed by atoms with Gasteiger partial charge in [0.2, 0.25) is 11.8 Å². The van der Waals surface area contributed by atoms with Crippen LogP contribution in [0.25, 0.3) is 10.2 Å². The van der Waals surface area contributed by atoms with Gasteiger partial charge in [0.25, 0.3) is 0 Å². The van der Waals surface area contributed by atoms with Crippen LogP contribution in [-0.2, 0) is 16.1 Å². The minimum absolute atomic E-state index is 0.0641. The molecule has 1 unspecified atom stereocenters. The molecule has 3 heterocycles. The molecule has 29 heavy (non-hydrogen) atoms. The Morgan fingerprint density at radius 2 is 2.31 bits per heavy atom. The zero-order chi connectivity index (χ0) is 20.2. The van der Waals surface area contributed by atoms with Gasteiger partial charge in [0, 0.05) is 38.4 Å². The highest BCUT2D eigenvalue weighted by Gasteiger charge is 2.36. The van der Waals surface area contributed by atoms with E-state index >= 15 is 0 Å². The third kappa shape index (κ3) is 4.40. The molecule has 1 atom stereocenters. The lowest BCUT2D eigenvalue weighted by Crippen LogP contribution is -2.33. The van der Waals surface area contributed by atoms with Crippen LogP contribution in [0.15, 0.2) is 36.7 Å². The number of benzene rings is 1. The normalized spacial score (nSPS) is 16.5. The van der Waals surface area contributed by atoms with Crippen LogP contribution in [0.5, 0.6) is 5.75 Å². The van der Waals surface area contributed by atoms with E-state index in [1.54, 1.807) is 11.1 Å². The molecule has 2 amide bonds. The number of hydrogen-bond acceptors (Lipinski definition) is 6. The first-order valence-electron chi connectivity index (χ1n) is 9.73. The molecule has 0 aliphatic carbocycles. The maximum atomic E-state index is 12.5. The molecule has 8 nitrogen and oxygen atoms in total. The van der Waals surface area contributed by atoms with Crippen LogP contribution >= 0.6 is 11.3 Å². The van der Waals surface area contributed by atoms with Gasteiger partial charge in [0.05, 0.1) is 22.7 Å². The maximum Gasteiger partial charge on any atom is 0.229 e. The summed E-state index contributed by atoms with van der Waals surface area (Å²) in [5.41, 5.74) is 0.827. The lowest BCUT2D eigenvalue weighted by atomic mass is 10.1. The molecule has 0 bridgehead atoms. The van der Waals surface area contributed by atoms with E-state index in [9.17, 15) is 9.59 Å². The molecule has 0 radical (unpaired) electrons. The third-order valence-electron chi connectivity index (χ3n) is 4.81. The summed E-state index contributed by atoms with van der Waals surface area (Å²) in [6, 6.07) is 7.58. The van der Waals surface area contributed by atoms with Gasteiger partial charge in [0.1, 0.15) is 5.75 Å². The highest BCUT2D eigenvalue weighted by atomic mass is 32.1. The number of aromatic nitrogens is 3. The van der Waals surface area contributed by atoms with E-state index in [0.29, 0.717) is 24.8 Å². The van der Waals surface area contributed by atoms with Gasteiger partial charge in [-0.25, -0.2) is 4.98 Å². The summed E-state index contributed by atoms with van der Waals surface area (Å²) in [4.78, 5) is 31.2. The molecular weight excluding hydrogens is 390 g/mol. The van der Waals surface area contributed by atoms with Crippen molar-refractivity contribution in [2.24, 2.45) is 5.92 Å². The van der Waals surface area contributed by atoms with Crippen molar-refractivity contribution in [2.75, 3.05) is 24.6 Å². The maximum absolute atomic E-state index is 12.5. The number of nitrogens with one attached hydrogen (secondary N) is 1. The van der Waals surface area contributed by atoms with Crippen LogP contribution < -0.4 is 15.0 Å². The summed E-state index contributed by atoms with van der Waals surface area (Å²) >= 11 is 1.44. The lowest BCUT2D eigenvalue weighted by molar-refractivity contribution is -0.126. The molecule has 1 aromatic carbocycles. The molecule has 152 valence electrons. The Hall–Kier alpha value is -2.94. The number of ether oxygens (including phenoxy) is 1. The van der Waals surface area contributed by atoms with E-state index in [-0.39, 0.29) is 24.2 Å². The topological polar surface area (TPSA) is 89.3 Å². The molecule has 0 spiro atoms. The monoisotopic (exact) mass is 413 g/mol. The largest absolute Gasteiger partial charge is 0.494 e. The number of nitrogens with zero attached hydrogens (tertiary/aromatic N) is 4. The van der Waals surface area contributed by atoms with Gasteiger partial charge in [-0.05, 0) is 37.6 Å². The molecule has 2 aromatic heterocycles. The van der Waals surface area contributed by atoms with Crippen molar-refractivity contribution in [3.63, 3.8) is 0 Å². The average molecular weight is 414 g/mol. The molecule has 3 aromatic rings. The summed E-state index contributed by atoms with van der Waals surface area (Å²) in [5, 5.41) is 7.70. The second kappa shape index (κ2) is 8.60. The zero-order valence-electron chi connectivity index (χ0n) is 16.2. The Morgan fingerprint density at radius 1 is 1.41 bits per heavy atom. The number of carbonyl (C=O) groups is 2. The first-order valence-corrected chi connectivity index (χ1v) is 10.5. The fraction of sp³-hybridized carbons (Fsp3) is 0.400. The smallest absolute Gasteiger partial charge is 0.229 e. The predicted octanol–water partition coefficient (Wildman–Crippen LogP) is 2.45. The fourth-order valence-corrected chi connectivity index (χ4v) is 4.38. The number of amides is 2. The minimum atomic E-state index is -0.349. The van der Waals surface area contributed by atoms with E-state index in [0.717, 1.165) is 28.9 Å². The number of rotatable bonds is 8. The Morgan fingerprint density at radius 3 is 3.10 bits per heavy atom. The number of carbonyl (C=O) groups excluding carboxylic acids is 2. The Kier molecular flexibility index (Phi) is 5.75. The van der Waals surface area contributed by atoms with Crippen LogP contribution in [0, 0.1) is 5.92 Å². The van der Waals surface area contributed by atoms with Gasteiger partial charge in [-0.2, -0.15) is 5.10 Å². The van der Waals surface area contributed by atoms with Crippen LogP contribution in [0.3, 0.4) is 0 Å². The van der Waals surface area contributed by atoms with Crippen molar-refractivity contribution in [1.82, 2.24) is 20.1 Å². The van der Waals surface area contributed by atoms with Crippen LogP contribution in [-0.4, -0.2) is 46.3 Å². The first kappa shape index (κ1) is 19.4. The van der Waals surface area contributed by atoms with Crippen molar-refractivity contribution in [3.05, 3.63) is 36.7 Å². The van der Waals surface area contributed by atoms with Crippen LogP contribution in [0.4, 0.5) is 5.13 Å². The van der Waals surface area contributed by atoms with Crippen molar-refractivity contribution in [2.45, 2.75) is 26.3 Å². The number of thiazole rings is 1. The summed E-state index contributed by atoms with van der Waals surface area (Å²) in [6.45, 7) is 4.21. The van der Waals surface area contributed by atoms with Gasteiger partial charge in [0.15, 0.2) is 5.13 Å². The molecule has 9 heteroatoms. The Bertz CT molecular complexity index is 1000. The second-order valence-corrected chi connectivity index (χ2v) is 7.89. The van der Waals surface area contributed by atoms with Gasteiger partial charge in [-0.3, -0.25) is 19.2 Å². The quantitative estimate of drug-likeness (QED) is 0.573. The van der Waals surface area contributed by atoms with Gasteiger partial charge in [-0.1, -0.05) is 11.3 Å². The number of aryl methyl sites for hydroxylation is 1. The highest BCUT2D eigenvalue weighted by molar-refractivity contribution is 7.22. The van der Waals surface area contributed by atoms with Crippen molar-refractivity contribution in [1.29, 1.82) is 0 Å². The molecular formula is C20H23N5O3S. The molecule has 1 aliphatic heterocycles. The summed E-state index contributed by atoms with van der Waals surface area (Å²) < 4.78 is 8.32. The number of fused-ring (bicyclic) bond motifs is 1. The summed E-state index contributed by atoms with van der Waals surface area (Å²) in [6.07, 6.45) is 4.63. The van der Waals surface area contributed by atoms with Crippen LogP contribution in [0.1, 0.15) is 19.8 Å². The van der Waals surface area contributed by atoms with E-state index in [1.165, 1.54) is 11.3 Å². The first-order chi connectivity index (χ1) is 14.1. The number of hydrogen-bond donors (Lipinski definition) is 1. The van der Waals surface area contributed by atoms with Crippen molar-refractivity contribution < 1.29 is 14.3 Å². The van der Waals surface area contributed by atoms with Crippen molar-refractivity contribution in [3.8, 4) is 5.75 Å². The predicted molar refractivity (Wildman–Crippen MR) is 111 cm³/mol. The Balaban J connectivity index is 1.34. The second-order valence-electron chi connectivity index (χ2n) is 6.88. The minimum Gasteiger partial charge on any atom is -0.494 e. The lowest BCUT2D eigenvalue weighted by Gasteiger charge is -2.13. The van der Waals surface area contributed by atoms with E-state index in [1.807, 2.05) is 42.1 Å². The summed E-state index contributed by atoms with van der Waals surface area (Å²) in [5.74, 6) is 0.292. The van der Waals surface area contributed by atoms with Crippen molar-refractivity contribution >= 4 is 38.5 Å². The molecule has 1 saturated heterocycles. The average Bonchev–Trinajstić information content (AvgIpc) is 3.44. The summed E-state index contributed by atoms with van der Waals surface area (Å²) in [7, 11) is 0. The molecule has 1 N–H and O–H groups in total. The molecule has 1 fully saturated rings. The molecule has 4 rings (SSSR count). The van der Waals surface area contributed by atoms with Gasteiger partial charge in [-0.15, -0.1) is 0 Å². The van der Waals surface area contributed by atoms with E-state index in [2.05, 4.69) is 15.4 Å². The SMILES string of the molecule is CCOc1ccc2nc(N3CC(C(=O)NCCCn4cccn4)CC3=O)sc2c1. The van der Waals surface area contributed by atoms with E-state index in [4.69, 9.17) is 4.74 Å². The standard InChI is InChI=1S/C20H23N5O3S/c1-2-28-15-5-6-16-17(12-15)29-20(23-16)25-13-14(11-18(25)26)19(27)21-7-3-9-24-10-4-8-22-24/h4-6,8,10,12,14H,2-3,7,9,11,13H2,1H3,(H,21,27). The Labute approximate surface area is 172 Å². The fourth-order valence-electron chi connectivity index (χ4n) is 3.36. The third-order valence-corrected chi connectivity index (χ3v) is 5.85. The van der Waals surface area contributed by atoms with E-state index < -0.39 is 0 Å². The van der Waals surface area contributed by atoms with Crippen LogP contribution in [0.2, 0.25) is 0 Å². The molecule has 1 aliphatic rings. The number of anilines is 1. The highest BCUT2D eigenvalue weighted by Crippen LogP contribution is 2.34. The molecule has 0 saturated carbocycles. The van der Waals surface area contributed by atoms with Gasteiger partial charge >= 0.3 is 0 Å². The van der Waals surface area contributed by atoms with Gasteiger partial charge < -0.3 is 10.1 Å².